The van der Waals surface area contributed by atoms with Crippen molar-refractivity contribution < 1.29 is 9.47 Å². The smallest absolute Gasteiger partial charge is 0.250 e. The van der Waals surface area contributed by atoms with E-state index in [2.05, 4.69) is 17.4 Å². The third-order valence-electron chi connectivity index (χ3n) is 4.86. The Morgan fingerprint density at radius 2 is 1.96 bits per heavy atom. The fraction of sp³-hybridized carbons (Fsp3) is 0.450. The molecule has 3 rings (SSSR count). The van der Waals surface area contributed by atoms with Crippen LogP contribution in [0, 0.1) is 0 Å². The van der Waals surface area contributed by atoms with Gasteiger partial charge in [0.05, 0.1) is 13.7 Å². The Labute approximate surface area is 148 Å². The van der Waals surface area contributed by atoms with Gasteiger partial charge in [-0.2, -0.15) is 0 Å². The largest absolute Gasteiger partial charge is 0.497 e. The summed E-state index contributed by atoms with van der Waals surface area (Å²) < 4.78 is 12.2. The Morgan fingerprint density at radius 3 is 2.68 bits per heavy atom. The van der Waals surface area contributed by atoms with Gasteiger partial charge in [-0.15, -0.1) is 0 Å². The Kier molecular flexibility index (Phi) is 5.89. The van der Waals surface area contributed by atoms with Gasteiger partial charge in [0.25, 0.3) is 5.56 Å². The lowest BCUT2D eigenvalue weighted by atomic mass is 9.91. The summed E-state index contributed by atoms with van der Waals surface area (Å²) in [6.45, 7) is 2.03. The first-order chi connectivity index (χ1) is 12.2. The van der Waals surface area contributed by atoms with Crippen LogP contribution < -0.4 is 15.6 Å². The number of rotatable bonds is 7. The number of hydrogen-bond acceptors (Lipinski definition) is 4. The maximum atomic E-state index is 12.1. The highest BCUT2D eigenvalue weighted by molar-refractivity contribution is 5.28. The normalized spacial score (nSPS) is 16.5. The molecule has 5 heteroatoms. The maximum Gasteiger partial charge on any atom is 0.250 e. The second-order valence-electron chi connectivity index (χ2n) is 6.46. The summed E-state index contributed by atoms with van der Waals surface area (Å²) in [5, 5.41) is 3.64. The van der Waals surface area contributed by atoms with Gasteiger partial charge < -0.3 is 19.4 Å². The molecule has 0 saturated heterocycles. The molecule has 1 aliphatic rings. The summed E-state index contributed by atoms with van der Waals surface area (Å²) in [4.78, 5) is 12.1. The van der Waals surface area contributed by atoms with Crippen molar-refractivity contribution in [3.8, 4) is 5.75 Å². The van der Waals surface area contributed by atoms with Gasteiger partial charge in [-0.3, -0.25) is 4.79 Å². The monoisotopic (exact) mass is 342 g/mol. The van der Waals surface area contributed by atoms with Crippen LogP contribution in [0.5, 0.6) is 5.75 Å². The van der Waals surface area contributed by atoms with E-state index in [1.807, 2.05) is 22.8 Å². The molecule has 1 aromatic carbocycles. The zero-order valence-electron chi connectivity index (χ0n) is 15.0. The standard InChI is InChI=1S/C20H26N2O3/c1-24-12-11-22-19-9-6-17(13-16(19)5-10-20(22)23)21-14-15-3-7-18(25-2)8-4-15/h3-5,7-8,10,17,21H,6,9,11-14H2,1-2H3/t17-/m1/s1. The minimum Gasteiger partial charge on any atom is -0.497 e. The topological polar surface area (TPSA) is 52.5 Å². The molecule has 1 N–H and O–H groups in total. The fourth-order valence-electron chi connectivity index (χ4n) is 3.43. The van der Waals surface area contributed by atoms with Crippen molar-refractivity contribution in [1.29, 1.82) is 0 Å². The first-order valence-corrected chi connectivity index (χ1v) is 8.78. The minimum absolute atomic E-state index is 0.0699. The Bertz CT molecular complexity index is 753. The minimum atomic E-state index is 0.0699. The van der Waals surface area contributed by atoms with Crippen LogP contribution in [-0.4, -0.2) is 31.4 Å². The van der Waals surface area contributed by atoms with E-state index in [0.717, 1.165) is 31.6 Å². The van der Waals surface area contributed by atoms with E-state index < -0.39 is 0 Å². The van der Waals surface area contributed by atoms with E-state index in [4.69, 9.17) is 9.47 Å². The van der Waals surface area contributed by atoms with Crippen LogP contribution in [0.3, 0.4) is 0 Å². The number of methoxy groups -OCH3 is 2. The molecule has 0 amide bonds. The average molecular weight is 342 g/mol. The molecule has 1 aliphatic carbocycles. The third kappa shape index (κ3) is 4.30. The molecular weight excluding hydrogens is 316 g/mol. The summed E-state index contributed by atoms with van der Waals surface area (Å²) in [6, 6.07) is 12.3. The number of fused-ring (bicyclic) bond motifs is 1. The van der Waals surface area contributed by atoms with Crippen molar-refractivity contribution in [3.63, 3.8) is 0 Å². The zero-order valence-corrected chi connectivity index (χ0v) is 15.0. The van der Waals surface area contributed by atoms with Crippen molar-refractivity contribution in [2.24, 2.45) is 0 Å². The molecule has 0 radical (unpaired) electrons. The van der Waals surface area contributed by atoms with Gasteiger partial charge in [0.1, 0.15) is 5.75 Å². The molecule has 1 heterocycles. The molecule has 0 unspecified atom stereocenters. The van der Waals surface area contributed by atoms with Crippen LogP contribution in [0.15, 0.2) is 41.2 Å². The number of pyridine rings is 1. The molecule has 0 spiro atoms. The number of nitrogens with zero attached hydrogens (tertiary/aromatic N) is 1. The van der Waals surface area contributed by atoms with Crippen molar-refractivity contribution >= 4 is 0 Å². The number of aromatic nitrogens is 1. The highest BCUT2D eigenvalue weighted by atomic mass is 16.5. The molecule has 134 valence electrons. The van der Waals surface area contributed by atoms with Crippen LogP contribution in [0.2, 0.25) is 0 Å². The predicted octanol–water partition coefficient (Wildman–Crippen LogP) is 2.15. The first-order valence-electron chi connectivity index (χ1n) is 8.78. The fourth-order valence-corrected chi connectivity index (χ4v) is 3.43. The summed E-state index contributed by atoms with van der Waals surface area (Å²) >= 11 is 0. The van der Waals surface area contributed by atoms with Gasteiger partial charge in [-0.25, -0.2) is 0 Å². The van der Waals surface area contributed by atoms with E-state index in [0.29, 0.717) is 19.2 Å². The lowest BCUT2D eigenvalue weighted by molar-refractivity contribution is 0.184. The lowest BCUT2D eigenvalue weighted by Gasteiger charge is -2.28. The van der Waals surface area contributed by atoms with Crippen LogP contribution in [-0.2, 0) is 30.7 Å². The molecular formula is C20H26N2O3. The van der Waals surface area contributed by atoms with Gasteiger partial charge in [-0.05, 0) is 42.5 Å². The van der Waals surface area contributed by atoms with Crippen molar-refractivity contribution in [2.75, 3.05) is 20.8 Å². The van der Waals surface area contributed by atoms with E-state index in [1.54, 1.807) is 20.3 Å². The highest BCUT2D eigenvalue weighted by Crippen LogP contribution is 2.21. The van der Waals surface area contributed by atoms with Crippen LogP contribution in [0.1, 0.15) is 23.2 Å². The van der Waals surface area contributed by atoms with Crippen LogP contribution in [0.4, 0.5) is 0 Å². The maximum absolute atomic E-state index is 12.1. The van der Waals surface area contributed by atoms with E-state index in [-0.39, 0.29) is 5.56 Å². The summed E-state index contributed by atoms with van der Waals surface area (Å²) in [5.74, 6) is 0.879. The quantitative estimate of drug-likeness (QED) is 0.838. The second kappa shape index (κ2) is 8.32. The lowest BCUT2D eigenvalue weighted by Crippen LogP contribution is -2.37. The molecule has 2 aromatic rings. The number of hydrogen-bond donors (Lipinski definition) is 1. The molecule has 25 heavy (non-hydrogen) atoms. The third-order valence-corrected chi connectivity index (χ3v) is 4.86. The zero-order chi connectivity index (χ0) is 17.6. The van der Waals surface area contributed by atoms with E-state index in [9.17, 15) is 4.79 Å². The number of nitrogens with one attached hydrogen (secondary N) is 1. The summed E-state index contributed by atoms with van der Waals surface area (Å²) in [7, 11) is 3.35. The summed E-state index contributed by atoms with van der Waals surface area (Å²) in [5.41, 5.74) is 3.76. The van der Waals surface area contributed by atoms with E-state index >= 15 is 0 Å². The van der Waals surface area contributed by atoms with Crippen molar-refractivity contribution in [1.82, 2.24) is 9.88 Å². The average Bonchev–Trinajstić information content (AvgIpc) is 2.66. The number of benzene rings is 1. The van der Waals surface area contributed by atoms with Crippen molar-refractivity contribution in [2.45, 2.75) is 38.4 Å². The van der Waals surface area contributed by atoms with Crippen LogP contribution >= 0.6 is 0 Å². The number of ether oxygens (including phenoxy) is 2. The molecule has 1 aromatic heterocycles. The van der Waals surface area contributed by atoms with Crippen molar-refractivity contribution in [3.05, 3.63) is 63.6 Å². The second-order valence-corrected chi connectivity index (χ2v) is 6.46. The first kappa shape index (κ1) is 17.7. The van der Waals surface area contributed by atoms with Gasteiger partial charge in [-0.1, -0.05) is 18.2 Å². The molecule has 0 aliphatic heterocycles. The molecule has 0 saturated carbocycles. The van der Waals surface area contributed by atoms with Gasteiger partial charge in [0.15, 0.2) is 0 Å². The van der Waals surface area contributed by atoms with E-state index in [1.165, 1.54) is 16.8 Å². The Morgan fingerprint density at radius 1 is 1.16 bits per heavy atom. The van der Waals surface area contributed by atoms with Crippen LogP contribution in [0.25, 0.3) is 0 Å². The van der Waals surface area contributed by atoms with Gasteiger partial charge in [0.2, 0.25) is 0 Å². The Hall–Kier alpha value is -2.11. The molecule has 0 bridgehead atoms. The molecule has 5 nitrogen and oxygen atoms in total. The predicted molar refractivity (Wildman–Crippen MR) is 98.2 cm³/mol. The molecule has 0 fully saturated rings. The molecule has 1 atom stereocenters. The van der Waals surface area contributed by atoms with Gasteiger partial charge >= 0.3 is 0 Å². The summed E-state index contributed by atoms with van der Waals surface area (Å²) in [6.07, 6.45) is 2.92. The Balaban J connectivity index is 1.63. The SMILES string of the molecule is COCCn1c2c(ccc1=O)C[C@H](NCc1ccc(OC)cc1)CC2. The van der Waals surface area contributed by atoms with Gasteiger partial charge in [0, 0.05) is 38.0 Å². The highest BCUT2D eigenvalue weighted by Gasteiger charge is 2.21.